The third kappa shape index (κ3) is 2.12. The van der Waals surface area contributed by atoms with Gasteiger partial charge in [-0.2, -0.15) is 0 Å². The molecule has 0 bridgehead atoms. The van der Waals surface area contributed by atoms with Crippen molar-refractivity contribution in [1.82, 2.24) is 0 Å². The van der Waals surface area contributed by atoms with Gasteiger partial charge in [-0.1, -0.05) is 0 Å². The summed E-state index contributed by atoms with van der Waals surface area (Å²) in [6.45, 7) is 1.55. The van der Waals surface area contributed by atoms with Crippen molar-refractivity contribution in [3.63, 3.8) is 0 Å². The molecule has 0 aromatic carbocycles. The van der Waals surface area contributed by atoms with Crippen molar-refractivity contribution in [2.24, 2.45) is 5.73 Å². The van der Waals surface area contributed by atoms with Gasteiger partial charge in [0.1, 0.15) is 0 Å². The summed E-state index contributed by atoms with van der Waals surface area (Å²) in [6.07, 6.45) is 0. The van der Waals surface area contributed by atoms with E-state index in [1.54, 1.807) is 18.4 Å². The highest BCUT2D eigenvalue weighted by Gasteiger charge is 2.23. The van der Waals surface area contributed by atoms with Crippen molar-refractivity contribution in [3.8, 4) is 0 Å². The summed E-state index contributed by atoms with van der Waals surface area (Å²) in [5.74, 6) is -0.388. The second-order valence-electron chi connectivity index (χ2n) is 3.27. The van der Waals surface area contributed by atoms with Crippen LogP contribution in [0.4, 0.5) is 0 Å². The van der Waals surface area contributed by atoms with Crippen molar-refractivity contribution >= 4 is 17.3 Å². The first-order valence-electron chi connectivity index (χ1n) is 4.08. The van der Waals surface area contributed by atoms with Crippen molar-refractivity contribution < 1.29 is 14.6 Å². The summed E-state index contributed by atoms with van der Waals surface area (Å²) in [5, 5.41) is 10.7. The summed E-state index contributed by atoms with van der Waals surface area (Å²) in [7, 11) is 1.33. The van der Waals surface area contributed by atoms with Gasteiger partial charge in [0, 0.05) is 10.3 Å². The number of thiophene rings is 1. The molecule has 0 spiro atoms. The van der Waals surface area contributed by atoms with Crippen molar-refractivity contribution in [3.05, 3.63) is 21.9 Å². The molecule has 0 aliphatic carbocycles. The molecule has 5 heteroatoms. The molecule has 0 saturated carbocycles. The van der Waals surface area contributed by atoms with Crippen molar-refractivity contribution in [2.75, 3.05) is 13.7 Å². The lowest BCUT2D eigenvalue weighted by molar-refractivity contribution is 0.0601. The predicted octanol–water partition coefficient (Wildman–Crippen LogP) is 0.701. The van der Waals surface area contributed by atoms with Gasteiger partial charge in [-0.15, -0.1) is 11.3 Å². The van der Waals surface area contributed by atoms with Gasteiger partial charge in [0.25, 0.3) is 0 Å². The van der Waals surface area contributed by atoms with Crippen LogP contribution in [-0.2, 0) is 10.3 Å². The maximum atomic E-state index is 11.1. The van der Waals surface area contributed by atoms with Gasteiger partial charge in [0.15, 0.2) is 0 Å². The lowest BCUT2D eigenvalue weighted by Gasteiger charge is -2.19. The number of ether oxygens (including phenoxy) is 1. The lowest BCUT2D eigenvalue weighted by atomic mass is 10.0. The summed E-state index contributed by atoms with van der Waals surface area (Å²) in [4.78, 5) is 11.9. The quantitative estimate of drug-likeness (QED) is 0.728. The van der Waals surface area contributed by atoms with E-state index in [9.17, 15) is 4.79 Å². The highest BCUT2D eigenvalue weighted by Crippen LogP contribution is 2.25. The molecule has 0 aliphatic heterocycles. The lowest BCUT2D eigenvalue weighted by Crippen LogP contribution is -2.35. The van der Waals surface area contributed by atoms with Gasteiger partial charge >= 0.3 is 5.97 Å². The highest BCUT2D eigenvalue weighted by molar-refractivity contribution is 7.10. The van der Waals surface area contributed by atoms with Crippen LogP contribution >= 0.6 is 11.3 Å². The Bertz CT molecular complexity index is 333. The van der Waals surface area contributed by atoms with Gasteiger partial charge < -0.3 is 15.6 Å². The zero-order valence-electron chi connectivity index (χ0n) is 8.11. The molecule has 0 aliphatic rings. The van der Waals surface area contributed by atoms with E-state index in [1.807, 2.05) is 0 Å². The van der Waals surface area contributed by atoms with E-state index < -0.39 is 5.54 Å². The number of hydrogen-bond acceptors (Lipinski definition) is 5. The molecule has 0 radical (unpaired) electrons. The SMILES string of the molecule is COC(=O)c1csc(C(C)(N)CO)c1. The average molecular weight is 215 g/mol. The van der Waals surface area contributed by atoms with Crippen LogP contribution < -0.4 is 5.73 Å². The molecule has 1 aromatic rings. The maximum Gasteiger partial charge on any atom is 0.338 e. The number of carbonyl (C=O) groups is 1. The Morgan fingerprint density at radius 1 is 1.79 bits per heavy atom. The molecule has 4 nitrogen and oxygen atoms in total. The van der Waals surface area contributed by atoms with E-state index >= 15 is 0 Å². The highest BCUT2D eigenvalue weighted by atomic mass is 32.1. The summed E-state index contributed by atoms with van der Waals surface area (Å²) < 4.78 is 4.56. The fourth-order valence-electron chi connectivity index (χ4n) is 0.939. The zero-order valence-corrected chi connectivity index (χ0v) is 8.93. The van der Waals surface area contributed by atoms with E-state index in [-0.39, 0.29) is 12.6 Å². The zero-order chi connectivity index (χ0) is 10.8. The van der Waals surface area contributed by atoms with Crippen molar-refractivity contribution in [1.29, 1.82) is 0 Å². The Balaban J connectivity index is 2.93. The number of carbonyl (C=O) groups excluding carboxylic acids is 1. The summed E-state index contributed by atoms with van der Waals surface area (Å²) >= 11 is 1.34. The van der Waals surface area contributed by atoms with Crippen LogP contribution in [0.3, 0.4) is 0 Å². The van der Waals surface area contributed by atoms with Crippen LogP contribution in [0.1, 0.15) is 22.2 Å². The smallest absolute Gasteiger partial charge is 0.338 e. The molecule has 78 valence electrons. The van der Waals surface area contributed by atoms with E-state index in [2.05, 4.69) is 4.74 Å². The molecule has 1 aromatic heterocycles. The van der Waals surface area contributed by atoms with Crippen LogP contribution in [0.2, 0.25) is 0 Å². The number of nitrogens with two attached hydrogens (primary N) is 1. The summed E-state index contributed by atoms with van der Waals surface area (Å²) in [5.41, 5.74) is 5.48. The molecule has 0 fully saturated rings. The Morgan fingerprint density at radius 3 is 2.93 bits per heavy atom. The van der Waals surface area contributed by atoms with Gasteiger partial charge in [0.05, 0.1) is 24.8 Å². The monoisotopic (exact) mass is 215 g/mol. The minimum absolute atomic E-state index is 0.159. The number of methoxy groups -OCH3 is 1. The van der Waals surface area contributed by atoms with Crippen LogP contribution in [0.5, 0.6) is 0 Å². The van der Waals surface area contributed by atoms with Gasteiger partial charge in [-0.25, -0.2) is 4.79 Å². The average Bonchev–Trinajstić information content (AvgIpc) is 2.66. The van der Waals surface area contributed by atoms with Crippen molar-refractivity contribution in [2.45, 2.75) is 12.5 Å². The number of aliphatic hydroxyl groups is 1. The molecule has 1 heterocycles. The molecule has 14 heavy (non-hydrogen) atoms. The van der Waals surface area contributed by atoms with E-state index in [0.29, 0.717) is 5.56 Å². The first-order valence-corrected chi connectivity index (χ1v) is 4.96. The number of aliphatic hydroxyl groups excluding tert-OH is 1. The molecular weight excluding hydrogens is 202 g/mol. The second kappa shape index (κ2) is 4.08. The predicted molar refractivity (Wildman–Crippen MR) is 54.3 cm³/mol. The Morgan fingerprint density at radius 2 is 2.43 bits per heavy atom. The fraction of sp³-hybridized carbons (Fsp3) is 0.444. The minimum atomic E-state index is -0.795. The van der Waals surface area contributed by atoms with Gasteiger partial charge in [0.2, 0.25) is 0 Å². The third-order valence-electron chi connectivity index (χ3n) is 1.91. The van der Waals surface area contributed by atoms with Crippen LogP contribution in [0.15, 0.2) is 11.4 Å². The topological polar surface area (TPSA) is 72.5 Å². The van der Waals surface area contributed by atoms with Crippen LogP contribution in [0, 0.1) is 0 Å². The number of esters is 1. The fourth-order valence-corrected chi connectivity index (χ4v) is 1.89. The number of rotatable bonds is 3. The van der Waals surface area contributed by atoms with Gasteiger partial charge in [-0.3, -0.25) is 0 Å². The number of hydrogen-bond donors (Lipinski definition) is 2. The molecule has 1 rings (SSSR count). The Labute approximate surface area is 86.3 Å². The van der Waals surface area contributed by atoms with Crippen LogP contribution in [0.25, 0.3) is 0 Å². The van der Waals surface area contributed by atoms with E-state index in [4.69, 9.17) is 10.8 Å². The second-order valence-corrected chi connectivity index (χ2v) is 4.18. The first-order chi connectivity index (χ1) is 6.51. The minimum Gasteiger partial charge on any atom is -0.465 e. The largest absolute Gasteiger partial charge is 0.465 e. The van der Waals surface area contributed by atoms with Crippen LogP contribution in [-0.4, -0.2) is 24.8 Å². The first kappa shape index (κ1) is 11.2. The molecule has 1 atom stereocenters. The van der Waals surface area contributed by atoms with E-state index in [1.165, 1.54) is 18.4 Å². The normalized spacial score (nSPS) is 14.9. The van der Waals surface area contributed by atoms with E-state index in [0.717, 1.165) is 4.88 Å². The molecule has 1 unspecified atom stereocenters. The molecular formula is C9H13NO3S. The Hall–Kier alpha value is -0.910. The molecule has 3 N–H and O–H groups in total. The maximum absolute atomic E-state index is 11.1. The Kier molecular flexibility index (Phi) is 3.25. The third-order valence-corrected chi connectivity index (χ3v) is 3.12. The molecule has 0 saturated heterocycles. The summed E-state index contributed by atoms with van der Waals surface area (Å²) in [6, 6.07) is 1.65. The molecule has 0 amide bonds. The van der Waals surface area contributed by atoms with Gasteiger partial charge in [-0.05, 0) is 13.0 Å². The standard InChI is InChI=1S/C9H13NO3S/c1-9(10,5-11)7-3-6(4-14-7)8(12)13-2/h3-4,11H,5,10H2,1-2H3.